The van der Waals surface area contributed by atoms with Crippen LogP contribution in [-0.2, 0) is 16.2 Å². The van der Waals surface area contributed by atoms with Crippen molar-refractivity contribution in [3.05, 3.63) is 66.0 Å². The summed E-state index contributed by atoms with van der Waals surface area (Å²) in [5.74, 6) is 0.627. The second kappa shape index (κ2) is 7.23. The summed E-state index contributed by atoms with van der Waals surface area (Å²) in [5, 5.41) is 7.02. The van der Waals surface area contributed by atoms with E-state index in [9.17, 15) is 4.79 Å². The van der Waals surface area contributed by atoms with Crippen LogP contribution in [0.5, 0.6) is 0 Å². The number of amides is 1. The highest BCUT2D eigenvalue weighted by molar-refractivity contribution is 6.39. The van der Waals surface area contributed by atoms with E-state index < -0.39 is 0 Å². The number of hydrogen-bond acceptors (Lipinski definition) is 4. The van der Waals surface area contributed by atoms with Crippen LogP contribution >= 0.6 is 0 Å². The van der Waals surface area contributed by atoms with E-state index in [0.29, 0.717) is 12.1 Å². The van der Waals surface area contributed by atoms with Crippen molar-refractivity contribution >= 4 is 22.7 Å². The maximum absolute atomic E-state index is 12.7. The van der Waals surface area contributed by atoms with Gasteiger partial charge >= 0.3 is 0 Å². The maximum atomic E-state index is 12.7. The van der Waals surface area contributed by atoms with Crippen molar-refractivity contribution in [2.45, 2.75) is 39.0 Å². The summed E-state index contributed by atoms with van der Waals surface area (Å²) in [4.78, 5) is 22.8. The van der Waals surface area contributed by atoms with Gasteiger partial charge in [0, 0.05) is 13.0 Å². The average Bonchev–Trinajstić information content (AvgIpc) is 3.33. The standard InChI is InChI=1S/C21H22N4O2/c1-3-25-18-12-8-7-11-16(18)23-20(25)14(2)22-21(26)17-13-19(27-24-17)15-9-5-4-6-10-15/h4-12,14,19H,3,13H2,1-2H3,(H,22,26)/t14-,19+/m0/s1. The van der Waals surface area contributed by atoms with Crippen LogP contribution in [0.3, 0.4) is 0 Å². The van der Waals surface area contributed by atoms with Gasteiger partial charge in [0.1, 0.15) is 11.5 Å². The minimum Gasteiger partial charge on any atom is -0.387 e. The van der Waals surface area contributed by atoms with Crippen molar-refractivity contribution in [3.63, 3.8) is 0 Å². The van der Waals surface area contributed by atoms with Crippen molar-refractivity contribution in [3.8, 4) is 0 Å². The SMILES string of the molecule is CCn1c([C@H](C)NC(=O)C2=NO[C@@H](c3ccccc3)C2)nc2ccccc21. The van der Waals surface area contributed by atoms with E-state index in [0.717, 1.165) is 29.0 Å². The molecule has 0 saturated carbocycles. The van der Waals surface area contributed by atoms with E-state index in [-0.39, 0.29) is 18.1 Å². The van der Waals surface area contributed by atoms with E-state index in [2.05, 4.69) is 22.0 Å². The summed E-state index contributed by atoms with van der Waals surface area (Å²) < 4.78 is 2.13. The lowest BCUT2D eigenvalue weighted by molar-refractivity contribution is -0.115. The molecule has 3 aromatic rings. The van der Waals surface area contributed by atoms with Gasteiger partial charge in [-0.25, -0.2) is 4.98 Å². The number of carbonyl (C=O) groups is 1. The van der Waals surface area contributed by atoms with Crippen LogP contribution in [0, 0.1) is 0 Å². The number of para-hydroxylation sites is 2. The Balaban J connectivity index is 1.47. The molecule has 1 amide bonds. The lowest BCUT2D eigenvalue weighted by atomic mass is 10.0. The number of nitrogens with zero attached hydrogens (tertiary/aromatic N) is 3. The molecule has 138 valence electrons. The zero-order valence-electron chi connectivity index (χ0n) is 15.4. The van der Waals surface area contributed by atoms with Crippen molar-refractivity contribution in [2.24, 2.45) is 5.16 Å². The van der Waals surface area contributed by atoms with E-state index in [1.807, 2.05) is 61.5 Å². The topological polar surface area (TPSA) is 68.5 Å². The third-order valence-electron chi connectivity index (χ3n) is 4.84. The molecule has 2 atom stereocenters. The smallest absolute Gasteiger partial charge is 0.269 e. The molecule has 6 nitrogen and oxygen atoms in total. The Morgan fingerprint density at radius 2 is 1.96 bits per heavy atom. The first-order valence-electron chi connectivity index (χ1n) is 9.21. The normalized spacial score (nSPS) is 17.4. The number of fused-ring (bicyclic) bond motifs is 1. The molecule has 0 saturated heterocycles. The number of nitrogens with one attached hydrogen (secondary N) is 1. The molecule has 1 aromatic heterocycles. The molecular formula is C21H22N4O2. The van der Waals surface area contributed by atoms with E-state index >= 15 is 0 Å². The van der Waals surface area contributed by atoms with Crippen LogP contribution in [0.2, 0.25) is 0 Å². The fourth-order valence-corrected chi connectivity index (χ4v) is 3.46. The largest absolute Gasteiger partial charge is 0.387 e. The molecule has 0 unspecified atom stereocenters. The van der Waals surface area contributed by atoms with Gasteiger partial charge < -0.3 is 14.7 Å². The van der Waals surface area contributed by atoms with Gasteiger partial charge in [-0.1, -0.05) is 47.6 Å². The van der Waals surface area contributed by atoms with Crippen LogP contribution in [0.15, 0.2) is 59.8 Å². The number of aromatic nitrogens is 2. The minimum absolute atomic E-state index is 0.206. The first-order valence-corrected chi connectivity index (χ1v) is 9.21. The quantitative estimate of drug-likeness (QED) is 0.751. The molecule has 2 heterocycles. The molecule has 0 radical (unpaired) electrons. The minimum atomic E-state index is -0.233. The van der Waals surface area contributed by atoms with Crippen LogP contribution < -0.4 is 5.32 Å². The van der Waals surface area contributed by atoms with E-state index in [1.165, 1.54) is 0 Å². The number of rotatable bonds is 5. The Kier molecular flexibility index (Phi) is 4.62. The summed E-state index contributed by atoms with van der Waals surface area (Å²) in [6.45, 7) is 4.80. The van der Waals surface area contributed by atoms with Crippen LogP contribution in [0.4, 0.5) is 0 Å². The average molecular weight is 362 g/mol. The van der Waals surface area contributed by atoms with E-state index in [1.54, 1.807) is 0 Å². The lowest BCUT2D eigenvalue weighted by Crippen LogP contribution is -2.33. The van der Waals surface area contributed by atoms with Crippen LogP contribution in [0.1, 0.15) is 43.8 Å². The Bertz CT molecular complexity index is 994. The molecule has 27 heavy (non-hydrogen) atoms. The van der Waals surface area contributed by atoms with Gasteiger partial charge in [0.25, 0.3) is 5.91 Å². The van der Waals surface area contributed by atoms with Crippen molar-refractivity contribution in [2.75, 3.05) is 0 Å². The molecule has 0 bridgehead atoms. The third-order valence-corrected chi connectivity index (χ3v) is 4.84. The summed E-state index contributed by atoms with van der Waals surface area (Å²) in [7, 11) is 0. The van der Waals surface area contributed by atoms with Crippen LogP contribution in [-0.4, -0.2) is 21.2 Å². The number of aryl methyl sites for hydroxylation is 1. The zero-order chi connectivity index (χ0) is 18.8. The summed E-state index contributed by atoms with van der Waals surface area (Å²) >= 11 is 0. The highest BCUT2D eigenvalue weighted by Gasteiger charge is 2.28. The van der Waals surface area contributed by atoms with Crippen molar-refractivity contribution in [1.82, 2.24) is 14.9 Å². The van der Waals surface area contributed by atoms with Gasteiger partial charge in [0.05, 0.1) is 17.1 Å². The molecule has 0 fully saturated rings. The van der Waals surface area contributed by atoms with Gasteiger partial charge in [-0.15, -0.1) is 0 Å². The number of benzene rings is 2. The van der Waals surface area contributed by atoms with Crippen molar-refractivity contribution < 1.29 is 9.63 Å². The van der Waals surface area contributed by atoms with Gasteiger partial charge in [-0.3, -0.25) is 4.79 Å². The summed E-state index contributed by atoms with van der Waals surface area (Å²) in [6, 6.07) is 17.6. The second-order valence-electron chi connectivity index (χ2n) is 6.64. The van der Waals surface area contributed by atoms with Gasteiger partial charge in [-0.2, -0.15) is 0 Å². The molecule has 0 aliphatic carbocycles. The summed E-state index contributed by atoms with van der Waals surface area (Å²) in [6.07, 6.45) is 0.259. The molecular weight excluding hydrogens is 340 g/mol. The molecule has 1 aliphatic rings. The molecule has 4 rings (SSSR count). The monoisotopic (exact) mass is 362 g/mol. The Hall–Kier alpha value is -3.15. The molecule has 1 N–H and O–H groups in total. The number of hydrogen-bond donors (Lipinski definition) is 1. The third kappa shape index (κ3) is 3.30. The lowest BCUT2D eigenvalue weighted by Gasteiger charge is -2.15. The Labute approximate surface area is 157 Å². The Morgan fingerprint density at radius 3 is 2.74 bits per heavy atom. The number of imidazole rings is 1. The second-order valence-corrected chi connectivity index (χ2v) is 6.64. The predicted molar refractivity (Wildman–Crippen MR) is 104 cm³/mol. The fourth-order valence-electron chi connectivity index (χ4n) is 3.46. The molecule has 6 heteroatoms. The van der Waals surface area contributed by atoms with E-state index in [4.69, 9.17) is 9.82 Å². The highest BCUT2D eigenvalue weighted by atomic mass is 16.6. The molecule has 2 aromatic carbocycles. The first-order chi connectivity index (χ1) is 13.2. The fraction of sp³-hybridized carbons (Fsp3) is 0.286. The molecule has 0 spiro atoms. The van der Waals surface area contributed by atoms with Crippen LogP contribution in [0.25, 0.3) is 11.0 Å². The van der Waals surface area contributed by atoms with Gasteiger partial charge in [0.2, 0.25) is 0 Å². The molecule has 1 aliphatic heterocycles. The number of oxime groups is 1. The zero-order valence-corrected chi connectivity index (χ0v) is 15.4. The predicted octanol–water partition coefficient (Wildman–Crippen LogP) is 3.75. The number of carbonyl (C=O) groups excluding carboxylic acids is 1. The van der Waals surface area contributed by atoms with Crippen molar-refractivity contribution in [1.29, 1.82) is 0 Å². The Morgan fingerprint density at radius 1 is 1.22 bits per heavy atom. The summed E-state index contributed by atoms with van der Waals surface area (Å²) in [5.41, 5.74) is 3.43. The maximum Gasteiger partial charge on any atom is 0.269 e. The first kappa shape index (κ1) is 17.3. The highest BCUT2D eigenvalue weighted by Crippen LogP contribution is 2.27. The van der Waals surface area contributed by atoms with Gasteiger partial charge in [0.15, 0.2) is 6.10 Å². The van der Waals surface area contributed by atoms with Gasteiger partial charge in [-0.05, 0) is 31.5 Å².